The van der Waals surface area contributed by atoms with Gasteiger partial charge in [-0.25, -0.2) is 0 Å². The average molecular weight is 172 g/mol. The zero-order chi connectivity index (χ0) is 7.49. The summed E-state index contributed by atoms with van der Waals surface area (Å²) in [6.07, 6.45) is 0.369. The van der Waals surface area contributed by atoms with Crippen molar-refractivity contribution in [2.75, 3.05) is 0 Å². The van der Waals surface area contributed by atoms with E-state index in [2.05, 4.69) is 16.3 Å². The summed E-state index contributed by atoms with van der Waals surface area (Å²) in [5.74, 6) is 0. The van der Waals surface area contributed by atoms with Crippen LogP contribution in [0.4, 0.5) is 4.20 Å². The molecule has 0 bridgehead atoms. The number of hydrogen-bond acceptors (Lipinski definition) is 2. The van der Waals surface area contributed by atoms with Crippen LogP contribution in [0.3, 0.4) is 0 Å². The summed E-state index contributed by atoms with van der Waals surface area (Å²) in [6.45, 7) is -0.412. The zero-order valence-electron chi connectivity index (χ0n) is 5.37. The van der Waals surface area contributed by atoms with Crippen molar-refractivity contribution < 1.29 is 13.6 Å². The van der Waals surface area contributed by atoms with Crippen molar-refractivity contribution in [1.82, 2.24) is 0 Å². The Hall–Kier alpha value is 0.500. The third kappa shape index (κ3) is 6.38. The van der Waals surface area contributed by atoms with Crippen LogP contribution >= 0.6 is 6.80 Å². The SMILES string of the molecule is CCC(C)OP(O)(F)=S. The van der Waals surface area contributed by atoms with Crippen LogP contribution in [0.15, 0.2) is 0 Å². The molecule has 0 aromatic rings. The molecule has 1 N–H and O–H groups in total. The topological polar surface area (TPSA) is 29.5 Å². The van der Waals surface area contributed by atoms with Gasteiger partial charge in [0.15, 0.2) is 0 Å². The summed E-state index contributed by atoms with van der Waals surface area (Å²) in [6, 6.07) is 0. The first-order chi connectivity index (χ1) is 3.95. The molecule has 0 radical (unpaired) electrons. The first-order valence-electron chi connectivity index (χ1n) is 2.66. The molecular formula is C4H10FO2PS. The van der Waals surface area contributed by atoms with E-state index in [-0.39, 0.29) is 6.10 Å². The van der Waals surface area contributed by atoms with Crippen LogP contribution in [-0.4, -0.2) is 11.0 Å². The maximum absolute atomic E-state index is 12.1. The van der Waals surface area contributed by atoms with E-state index in [9.17, 15) is 4.20 Å². The van der Waals surface area contributed by atoms with Gasteiger partial charge in [-0.05, 0) is 25.2 Å². The molecule has 5 heteroatoms. The van der Waals surface area contributed by atoms with Crippen molar-refractivity contribution >= 4 is 18.6 Å². The number of rotatable bonds is 3. The molecule has 0 heterocycles. The van der Waals surface area contributed by atoms with E-state index >= 15 is 0 Å². The molecule has 2 nitrogen and oxygen atoms in total. The smallest absolute Gasteiger partial charge is 0.321 e. The van der Waals surface area contributed by atoms with E-state index in [1.807, 2.05) is 6.92 Å². The lowest BCUT2D eigenvalue weighted by Crippen LogP contribution is -2.01. The van der Waals surface area contributed by atoms with E-state index in [0.29, 0.717) is 6.42 Å². The van der Waals surface area contributed by atoms with Gasteiger partial charge >= 0.3 is 6.80 Å². The fourth-order valence-corrected chi connectivity index (χ4v) is 1.33. The highest BCUT2D eigenvalue weighted by molar-refractivity contribution is 8.06. The van der Waals surface area contributed by atoms with Crippen molar-refractivity contribution in [3.05, 3.63) is 0 Å². The second kappa shape index (κ2) is 3.62. The molecule has 9 heavy (non-hydrogen) atoms. The van der Waals surface area contributed by atoms with Crippen molar-refractivity contribution in [1.29, 1.82) is 0 Å². The van der Waals surface area contributed by atoms with Crippen molar-refractivity contribution in [2.24, 2.45) is 0 Å². The summed E-state index contributed by atoms with van der Waals surface area (Å²) < 4.78 is 16.5. The van der Waals surface area contributed by atoms with Gasteiger partial charge in [0.25, 0.3) is 0 Å². The standard InChI is InChI=1S/C4H10FO2PS/c1-3-4(2)7-8(5,6)9/h4H,3H2,1-2H3,(H,6,9). The molecule has 0 aliphatic heterocycles. The van der Waals surface area contributed by atoms with Gasteiger partial charge < -0.3 is 9.42 Å². The monoisotopic (exact) mass is 172 g/mol. The Morgan fingerprint density at radius 2 is 2.33 bits per heavy atom. The predicted octanol–water partition coefficient (Wildman–Crippen LogP) is 1.99. The zero-order valence-corrected chi connectivity index (χ0v) is 7.08. The second-order valence-electron chi connectivity index (χ2n) is 1.78. The molecule has 2 unspecified atom stereocenters. The Kier molecular flexibility index (Phi) is 3.82. The Bertz CT molecular complexity index is 124. The van der Waals surface area contributed by atoms with Gasteiger partial charge in [0.1, 0.15) is 0 Å². The minimum atomic E-state index is -3.91. The fourth-order valence-electron chi connectivity index (χ4n) is 0.296. The van der Waals surface area contributed by atoms with Crippen LogP contribution in [0.25, 0.3) is 0 Å². The van der Waals surface area contributed by atoms with E-state index in [1.165, 1.54) is 0 Å². The van der Waals surface area contributed by atoms with Crippen LogP contribution in [0.5, 0.6) is 0 Å². The fraction of sp³-hybridized carbons (Fsp3) is 1.00. The van der Waals surface area contributed by atoms with E-state index in [1.54, 1.807) is 6.92 Å². The summed E-state index contributed by atoms with van der Waals surface area (Å²) >= 11 is 4.01. The van der Waals surface area contributed by atoms with E-state index < -0.39 is 6.80 Å². The van der Waals surface area contributed by atoms with Crippen molar-refractivity contribution in [2.45, 2.75) is 26.4 Å². The van der Waals surface area contributed by atoms with Gasteiger partial charge in [-0.2, -0.15) is 4.20 Å². The summed E-state index contributed by atoms with van der Waals surface area (Å²) in [4.78, 5) is 8.36. The van der Waals surface area contributed by atoms with Crippen molar-refractivity contribution in [3.8, 4) is 0 Å². The van der Waals surface area contributed by atoms with Crippen LogP contribution in [-0.2, 0) is 16.3 Å². The summed E-state index contributed by atoms with van der Waals surface area (Å²) in [5, 5.41) is 0. The van der Waals surface area contributed by atoms with Crippen LogP contribution in [0, 0.1) is 0 Å². The molecule has 0 aliphatic rings. The van der Waals surface area contributed by atoms with Crippen LogP contribution in [0.1, 0.15) is 20.3 Å². The lowest BCUT2D eigenvalue weighted by molar-refractivity contribution is 0.197. The third-order valence-electron chi connectivity index (χ3n) is 0.885. The van der Waals surface area contributed by atoms with Gasteiger partial charge in [-0.15, -0.1) is 0 Å². The quantitative estimate of drug-likeness (QED) is 0.660. The molecule has 56 valence electrons. The average Bonchev–Trinajstić information content (AvgIpc) is 1.62. The minimum absolute atomic E-state index is 0.286. The predicted molar refractivity (Wildman–Crippen MR) is 38.4 cm³/mol. The molecule has 0 aromatic carbocycles. The Morgan fingerprint density at radius 3 is 2.44 bits per heavy atom. The van der Waals surface area contributed by atoms with Gasteiger partial charge in [0, 0.05) is 0 Å². The van der Waals surface area contributed by atoms with Gasteiger partial charge in [-0.1, -0.05) is 6.92 Å². The first-order valence-corrected chi connectivity index (χ1v) is 5.23. The largest absolute Gasteiger partial charge is 0.363 e. The summed E-state index contributed by atoms with van der Waals surface area (Å²) in [7, 11) is 0. The molecule has 0 aliphatic carbocycles. The lowest BCUT2D eigenvalue weighted by atomic mass is 10.3. The summed E-state index contributed by atoms with van der Waals surface area (Å²) in [5.41, 5.74) is 0. The number of halogens is 1. The Balaban J connectivity index is 3.60. The van der Waals surface area contributed by atoms with Gasteiger partial charge in [0.2, 0.25) is 0 Å². The highest BCUT2D eigenvalue weighted by Gasteiger charge is 2.14. The van der Waals surface area contributed by atoms with Crippen LogP contribution < -0.4 is 0 Å². The normalized spacial score (nSPS) is 20.9. The molecule has 0 saturated carbocycles. The number of hydrogen-bond donors (Lipinski definition) is 1. The molecule has 0 aromatic heterocycles. The molecule has 0 rings (SSSR count). The Labute approximate surface area is 59.3 Å². The van der Waals surface area contributed by atoms with Gasteiger partial charge in [-0.3, -0.25) is 0 Å². The van der Waals surface area contributed by atoms with Gasteiger partial charge in [0.05, 0.1) is 6.10 Å². The maximum atomic E-state index is 12.1. The maximum Gasteiger partial charge on any atom is 0.363 e. The molecule has 2 atom stereocenters. The van der Waals surface area contributed by atoms with Crippen LogP contribution in [0.2, 0.25) is 0 Å². The molecule has 0 amide bonds. The highest BCUT2D eigenvalue weighted by atomic mass is 32.5. The second-order valence-corrected chi connectivity index (χ2v) is 4.24. The molecule has 0 saturated heterocycles. The highest BCUT2D eigenvalue weighted by Crippen LogP contribution is 2.45. The molecule has 0 spiro atoms. The molecule has 0 fully saturated rings. The van der Waals surface area contributed by atoms with Crippen molar-refractivity contribution in [3.63, 3.8) is 0 Å². The van der Waals surface area contributed by atoms with E-state index in [0.717, 1.165) is 0 Å². The lowest BCUT2D eigenvalue weighted by Gasteiger charge is -2.11. The van der Waals surface area contributed by atoms with E-state index in [4.69, 9.17) is 4.89 Å². The first kappa shape index (κ1) is 9.50. The third-order valence-corrected chi connectivity index (χ3v) is 1.76. The molecular weight excluding hydrogens is 162 g/mol. The Morgan fingerprint density at radius 1 is 1.89 bits per heavy atom. The minimum Gasteiger partial charge on any atom is -0.321 e.